The van der Waals surface area contributed by atoms with Crippen molar-refractivity contribution in [1.82, 2.24) is 0 Å². The molecule has 0 bridgehead atoms. The number of ether oxygens (including phenoxy) is 2. The topological polar surface area (TPSA) is 35.5 Å². The maximum Gasteiger partial charge on any atom is 0.366 e. The largest absolute Gasteiger partial charge is 0.465 e. The van der Waals surface area contributed by atoms with Gasteiger partial charge in [-0.05, 0) is 41.9 Å². The van der Waals surface area contributed by atoms with Gasteiger partial charge in [0.1, 0.15) is 5.75 Å². The lowest BCUT2D eigenvalue weighted by molar-refractivity contribution is -0.147. The van der Waals surface area contributed by atoms with Crippen LogP contribution in [-0.2, 0) is 9.53 Å². The monoisotopic (exact) mass is 284 g/mol. The van der Waals surface area contributed by atoms with Crippen LogP contribution in [0, 0.1) is 0 Å². The molecule has 0 radical (unpaired) electrons. The first-order chi connectivity index (χ1) is 7.56. The molecule has 0 N–H and O–H groups in total. The SMILES string of the molecule is CC=COC(=O)C(C)(Br)Oc1ccccc1. The van der Waals surface area contributed by atoms with Crippen LogP contribution < -0.4 is 4.74 Å². The molecule has 0 saturated heterocycles. The molecule has 1 atom stereocenters. The predicted octanol–water partition coefficient (Wildman–Crippen LogP) is 3.25. The summed E-state index contributed by atoms with van der Waals surface area (Å²) < 4.78 is 9.12. The Morgan fingerprint density at radius 1 is 1.38 bits per heavy atom. The number of alkyl halides is 1. The Labute approximate surface area is 103 Å². The van der Waals surface area contributed by atoms with Gasteiger partial charge in [0.2, 0.25) is 0 Å². The van der Waals surface area contributed by atoms with E-state index in [0.29, 0.717) is 5.75 Å². The lowest BCUT2D eigenvalue weighted by Crippen LogP contribution is -2.35. The van der Waals surface area contributed by atoms with Crippen LogP contribution >= 0.6 is 15.9 Å². The highest BCUT2D eigenvalue weighted by Crippen LogP contribution is 2.24. The van der Waals surface area contributed by atoms with Crippen molar-refractivity contribution in [3.05, 3.63) is 42.7 Å². The molecule has 0 aliphatic carbocycles. The molecule has 0 aromatic heterocycles. The van der Waals surface area contributed by atoms with Crippen molar-refractivity contribution in [3.8, 4) is 5.75 Å². The summed E-state index contributed by atoms with van der Waals surface area (Å²) in [6.45, 7) is 3.35. The van der Waals surface area contributed by atoms with E-state index in [0.717, 1.165) is 0 Å². The van der Waals surface area contributed by atoms with E-state index in [1.54, 1.807) is 32.1 Å². The summed E-state index contributed by atoms with van der Waals surface area (Å²) in [5.74, 6) is 0.0914. The van der Waals surface area contributed by atoms with E-state index in [9.17, 15) is 4.79 Å². The quantitative estimate of drug-likeness (QED) is 0.484. The van der Waals surface area contributed by atoms with Gasteiger partial charge in [-0.2, -0.15) is 0 Å². The number of benzene rings is 1. The van der Waals surface area contributed by atoms with Crippen molar-refractivity contribution in [1.29, 1.82) is 0 Å². The maximum atomic E-state index is 11.6. The lowest BCUT2D eigenvalue weighted by atomic mass is 10.3. The van der Waals surface area contributed by atoms with Crippen molar-refractivity contribution in [2.45, 2.75) is 18.4 Å². The molecular weight excluding hydrogens is 272 g/mol. The summed E-state index contributed by atoms with van der Waals surface area (Å²) in [5, 5.41) is 0. The minimum Gasteiger partial charge on any atom is -0.465 e. The molecule has 3 nitrogen and oxygen atoms in total. The number of carbonyl (C=O) groups is 1. The van der Waals surface area contributed by atoms with Crippen molar-refractivity contribution < 1.29 is 14.3 Å². The van der Waals surface area contributed by atoms with Crippen molar-refractivity contribution in [3.63, 3.8) is 0 Å². The minimum atomic E-state index is -1.19. The van der Waals surface area contributed by atoms with Crippen LogP contribution in [0.1, 0.15) is 13.8 Å². The molecule has 1 aromatic carbocycles. The van der Waals surface area contributed by atoms with Crippen molar-refractivity contribution in [2.75, 3.05) is 0 Å². The van der Waals surface area contributed by atoms with E-state index in [4.69, 9.17) is 9.47 Å². The highest BCUT2D eigenvalue weighted by atomic mass is 79.9. The van der Waals surface area contributed by atoms with E-state index in [1.807, 2.05) is 18.2 Å². The van der Waals surface area contributed by atoms with Gasteiger partial charge in [-0.1, -0.05) is 24.3 Å². The third-order valence-corrected chi connectivity index (χ3v) is 2.21. The third kappa shape index (κ3) is 3.70. The number of hydrogen-bond acceptors (Lipinski definition) is 3. The zero-order valence-electron chi connectivity index (χ0n) is 9.14. The summed E-state index contributed by atoms with van der Waals surface area (Å²) in [6, 6.07) is 9.06. The summed E-state index contributed by atoms with van der Waals surface area (Å²) in [7, 11) is 0. The van der Waals surface area contributed by atoms with Gasteiger partial charge in [-0.3, -0.25) is 0 Å². The molecule has 4 heteroatoms. The van der Waals surface area contributed by atoms with Crippen molar-refractivity contribution in [2.24, 2.45) is 0 Å². The molecule has 1 rings (SSSR count). The number of hydrogen-bond donors (Lipinski definition) is 0. The molecule has 1 unspecified atom stereocenters. The van der Waals surface area contributed by atoms with Crippen LogP contribution in [0.5, 0.6) is 5.75 Å². The molecule has 0 heterocycles. The van der Waals surface area contributed by atoms with Gasteiger partial charge < -0.3 is 9.47 Å². The molecule has 0 spiro atoms. The zero-order chi connectivity index (χ0) is 12.0. The maximum absolute atomic E-state index is 11.6. The highest BCUT2D eigenvalue weighted by Gasteiger charge is 2.33. The first kappa shape index (κ1) is 12.8. The molecule has 16 heavy (non-hydrogen) atoms. The average molecular weight is 285 g/mol. The molecular formula is C12H13BrO3. The van der Waals surface area contributed by atoms with Gasteiger partial charge in [0.05, 0.1) is 6.26 Å². The number of halogens is 1. The number of esters is 1. The van der Waals surface area contributed by atoms with Gasteiger partial charge in [0.15, 0.2) is 0 Å². The summed E-state index contributed by atoms with van der Waals surface area (Å²) in [6.07, 6.45) is 2.94. The molecule has 1 aromatic rings. The molecule has 0 fully saturated rings. The number of carbonyl (C=O) groups excluding carboxylic acids is 1. The molecule has 0 aliphatic rings. The summed E-state index contributed by atoms with van der Waals surface area (Å²) >= 11 is 3.18. The first-order valence-electron chi connectivity index (χ1n) is 4.81. The molecule has 86 valence electrons. The average Bonchev–Trinajstić information content (AvgIpc) is 2.26. The predicted molar refractivity (Wildman–Crippen MR) is 65.3 cm³/mol. The Morgan fingerprint density at radius 2 is 2.00 bits per heavy atom. The molecule has 0 aliphatic heterocycles. The number of rotatable bonds is 4. The Morgan fingerprint density at radius 3 is 2.56 bits per heavy atom. The second kappa shape index (κ2) is 5.70. The van der Waals surface area contributed by atoms with Crippen molar-refractivity contribution >= 4 is 21.9 Å². The molecule has 0 saturated carbocycles. The fraction of sp³-hybridized carbons (Fsp3) is 0.250. The van der Waals surface area contributed by atoms with E-state index in [1.165, 1.54) is 6.26 Å². The Kier molecular flexibility index (Phi) is 4.55. The van der Waals surface area contributed by atoms with Gasteiger partial charge in [-0.15, -0.1) is 0 Å². The smallest absolute Gasteiger partial charge is 0.366 e. The number of allylic oxidation sites excluding steroid dienone is 1. The summed E-state index contributed by atoms with van der Waals surface area (Å²) in [4.78, 5) is 11.6. The second-order valence-electron chi connectivity index (χ2n) is 3.21. The zero-order valence-corrected chi connectivity index (χ0v) is 10.7. The van der Waals surface area contributed by atoms with E-state index < -0.39 is 10.5 Å². The summed E-state index contributed by atoms with van der Waals surface area (Å²) in [5.41, 5.74) is 0. The number of para-hydroxylation sites is 1. The van der Waals surface area contributed by atoms with Crippen LogP contribution in [0.3, 0.4) is 0 Å². The van der Waals surface area contributed by atoms with E-state index in [2.05, 4.69) is 15.9 Å². The lowest BCUT2D eigenvalue weighted by Gasteiger charge is -2.21. The standard InChI is InChI=1S/C12H13BrO3/c1-3-9-15-11(14)12(2,13)16-10-7-5-4-6-8-10/h3-9H,1-2H3. The Bertz CT molecular complexity index is 371. The highest BCUT2D eigenvalue weighted by molar-refractivity contribution is 9.10. The van der Waals surface area contributed by atoms with Gasteiger partial charge >= 0.3 is 5.97 Å². The minimum absolute atomic E-state index is 0.505. The first-order valence-corrected chi connectivity index (χ1v) is 5.61. The fourth-order valence-corrected chi connectivity index (χ4v) is 1.27. The van der Waals surface area contributed by atoms with Crippen LogP contribution in [0.15, 0.2) is 42.7 Å². The van der Waals surface area contributed by atoms with E-state index >= 15 is 0 Å². The van der Waals surface area contributed by atoms with Crippen LogP contribution in [0.25, 0.3) is 0 Å². The van der Waals surface area contributed by atoms with Gasteiger partial charge in [-0.25, -0.2) is 4.79 Å². The van der Waals surface area contributed by atoms with E-state index in [-0.39, 0.29) is 0 Å². The third-order valence-electron chi connectivity index (χ3n) is 1.73. The Hall–Kier alpha value is -1.29. The Balaban J connectivity index is 2.67. The van der Waals surface area contributed by atoms with Gasteiger partial charge in [0, 0.05) is 0 Å². The van der Waals surface area contributed by atoms with Gasteiger partial charge in [0.25, 0.3) is 4.51 Å². The second-order valence-corrected chi connectivity index (χ2v) is 4.72. The van der Waals surface area contributed by atoms with Crippen LogP contribution in [-0.4, -0.2) is 10.5 Å². The molecule has 0 amide bonds. The van der Waals surface area contributed by atoms with Crippen LogP contribution in [0.4, 0.5) is 0 Å². The normalized spacial score (nSPS) is 14.4. The fourth-order valence-electron chi connectivity index (χ4n) is 0.987. The van der Waals surface area contributed by atoms with Crippen LogP contribution in [0.2, 0.25) is 0 Å².